The number of nitrogens with one attached hydrogen (secondary N) is 2. The monoisotopic (exact) mass is 389 g/mol. The average molecular weight is 389 g/mol. The molecule has 0 spiro atoms. The van der Waals surface area contributed by atoms with Gasteiger partial charge in [0.2, 0.25) is 15.9 Å². The van der Waals surface area contributed by atoms with Crippen LogP contribution in [0.15, 0.2) is 59.5 Å². The largest absolute Gasteiger partial charge is 0.378 e. The molecule has 8 heteroatoms. The molecule has 0 bridgehead atoms. The quantitative estimate of drug-likeness (QED) is 0.787. The van der Waals surface area contributed by atoms with Crippen LogP contribution in [-0.4, -0.2) is 46.7 Å². The Balaban J connectivity index is 1.64. The minimum atomic E-state index is -3.76. The summed E-state index contributed by atoms with van der Waals surface area (Å²) in [5, 5.41) is 2.77. The topological polar surface area (TPSA) is 87.7 Å². The number of morpholine rings is 1. The Hall–Kier alpha value is -2.42. The summed E-state index contributed by atoms with van der Waals surface area (Å²) in [6.45, 7) is 4.46. The molecule has 1 atom stereocenters. The minimum absolute atomic E-state index is 0.124. The van der Waals surface area contributed by atoms with Gasteiger partial charge in [0.05, 0.1) is 24.2 Å². The van der Waals surface area contributed by atoms with Crippen molar-refractivity contribution in [3.8, 4) is 0 Å². The van der Waals surface area contributed by atoms with Gasteiger partial charge in [-0.15, -0.1) is 0 Å². The number of amides is 1. The van der Waals surface area contributed by atoms with E-state index in [0.29, 0.717) is 18.9 Å². The zero-order valence-corrected chi connectivity index (χ0v) is 15.9. The van der Waals surface area contributed by atoms with Crippen LogP contribution in [-0.2, 0) is 19.6 Å². The van der Waals surface area contributed by atoms with Crippen LogP contribution in [0.5, 0.6) is 0 Å². The van der Waals surface area contributed by atoms with Crippen molar-refractivity contribution in [1.82, 2.24) is 4.72 Å². The Kier molecular flexibility index (Phi) is 6.10. The summed E-state index contributed by atoms with van der Waals surface area (Å²) in [5.41, 5.74) is 1.61. The van der Waals surface area contributed by atoms with E-state index >= 15 is 0 Å². The normalized spacial score (nSPS) is 16.0. The molecule has 0 saturated carbocycles. The summed E-state index contributed by atoms with van der Waals surface area (Å²) in [6, 6.07) is 14.5. The van der Waals surface area contributed by atoms with Gasteiger partial charge in [-0.05, 0) is 37.3 Å². The average Bonchev–Trinajstić information content (AvgIpc) is 2.69. The smallest absolute Gasteiger partial charge is 0.242 e. The molecular formula is C19H23N3O4S. The highest BCUT2D eigenvalue weighted by Crippen LogP contribution is 2.20. The second-order valence-corrected chi connectivity index (χ2v) is 8.01. The van der Waals surface area contributed by atoms with E-state index in [1.807, 2.05) is 18.2 Å². The molecule has 3 rings (SSSR count). The van der Waals surface area contributed by atoms with E-state index in [2.05, 4.69) is 14.9 Å². The highest BCUT2D eigenvalue weighted by molar-refractivity contribution is 7.89. The summed E-state index contributed by atoms with van der Waals surface area (Å²) in [4.78, 5) is 14.7. The van der Waals surface area contributed by atoms with Crippen molar-refractivity contribution in [1.29, 1.82) is 0 Å². The van der Waals surface area contributed by atoms with Gasteiger partial charge in [-0.1, -0.05) is 24.3 Å². The fraction of sp³-hybridized carbons (Fsp3) is 0.316. The number of nitrogens with zero attached hydrogens (tertiary/aromatic N) is 1. The van der Waals surface area contributed by atoms with Gasteiger partial charge < -0.3 is 15.0 Å². The number of hydrogen-bond acceptors (Lipinski definition) is 5. The Morgan fingerprint density at radius 2 is 1.78 bits per heavy atom. The van der Waals surface area contributed by atoms with E-state index < -0.39 is 22.0 Å². The van der Waals surface area contributed by atoms with Crippen LogP contribution in [0.4, 0.5) is 11.4 Å². The van der Waals surface area contributed by atoms with Crippen molar-refractivity contribution in [3.05, 3.63) is 54.6 Å². The summed E-state index contributed by atoms with van der Waals surface area (Å²) < 4.78 is 32.5. The molecule has 1 aliphatic heterocycles. The maximum Gasteiger partial charge on any atom is 0.242 e. The number of benzene rings is 2. The van der Waals surface area contributed by atoms with Crippen molar-refractivity contribution in [2.24, 2.45) is 0 Å². The highest BCUT2D eigenvalue weighted by Gasteiger charge is 2.22. The molecular weight excluding hydrogens is 366 g/mol. The standard InChI is InChI=1S/C19H23N3O4S/c1-15(21-27(24,25)18-8-3-2-4-9-18)19(23)20-16-6-5-7-17(14-16)22-10-12-26-13-11-22/h2-9,14-15,21H,10-13H2,1H3,(H,20,23)/t15-/m0/s1. The molecule has 2 N–H and O–H groups in total. The van der Waals surface area contributed by atoms with Crippen molar-refractivity contribution in [2.45, 2.75) is 17.9 Å². The van der Waals surface area contributed by atoms with Gasteiger partial charge in [0.15, 0.2) is 0 Å². The third-order valence-electron chi connectivity index (χ3n) is 4.27. The van der Waals surface area contributed by atoms with Gasteiger partial charge >= 0.3 is 0 Å². The number of hydrogen-bond donors (Lipinski definition) is 2. The number of carbonyl (C=O) groups excluding carboxylic acids is 1. The van der Waals surface area contributed by atoms with E-state index in [1.54, 1.807) is 24.3 Å². The summed E-state index contributed by atoms with van der Waals surface area (Å²) in [7, 11) is -3.76. The Labute approximate surface area is 159 Å². The molecule has 7 nitrogen and oxygen atoms in total. The molecule has 1 fully saturated rings. The molecule has 1 saturated heterocycles. The van der Waals surface area contributed by atoms with Crippen LogP contribution in [0.2, 0.25) is 0 Å². The first-order valence-electron chi connectivity index (χ1n) is 8.77. The van der Waals surface area contributed by atoms with Crippen molar-refractivity contribution >= 4 is 27.3 Å². The molecule has 2 aromatic rings. The van der Waals surface area contributed by atoms with Gasteiger partial charge in [-0.25, -0.2) is 8.42 Å². The third-order valence-corrected chi connectivity index (χ3v) is 5.83. The van der Waals surface area contributed by atoms with Gasteiger partial charge in [-0.2, -0.15) is 4.72 Å². The van der Waals surface area contributed by atoms with Crippen molar-refractivity contribution < 1.29 is 17.9 Å². The van der Waals surface area contributed by atoms with Crippen LogP contribution in [0, 0.1) is 0 Å². The molecule has 0 unspecified atom stereocenters. The Morgan fingerprint density at radius 3 is 2.48 bits per heavy atom. The fourth-order valence-electron chi connectivity index (χ4n) is 2.81. The summed E-state index contributed by atoms with van der Waals surface area (Å²) in [5.74, 6) is -0.423. The van der Waals surface area contributed by atoms with E-state index in [4.69, 9.17) is 4.74 Å². The minimum Gasteiger partial charge on any atom is -0.378 e. The third kappa shape index (κ3) is 5.06. The van der Waals surface area contributed by atoms with Crippen LogP contribution in [0.1, 0.15) is 6.92 Å². The predicted octanol–water partition coefficient (Wildman–Crippen LogP) is 1.83. The van der Waals surface area contributed by atoms with Crippen molar-refractivity contribution in [2.75, 3.05) is 36.5 Å². The molecule has 144 valence electrons. The second kappa shape index (κ2) is 8.51. The first-order valence-corrected chi connectivity index (χ1v) is 10.2. The van der Waals surface area contributed by atoms with Gasteiger partial charge in [0.1, 0.15) is 0 Å². The van der Waals surface area contributed by atoms with Crippen LogP contribution < -0.4 is 14.9 Å². The molecule has 0 radical (unpaired) electrons. The van der Waals surface area contributed by atoms with E-state index in [1.165, 1.54) is 19.1 Å². The number of ether oxygens (including phenoxy) is 1. The Bertz CT molecular complexity index is 881. The SMILES string of the molecule is C[C@H](NS(=O)(=O)c1ccccc1)C(=O)Nc1cccc(N2CCOCC2)c1. The van der Waals surface area contributed by atoms with E-state index in [-0.39, 0.29) is 4.90 Å². The molecule has 0 aromatic heterocycles. The van der Waals surface area contributed by atoms with Gasteiger partial charge in [0.25, 0.3) is 0 Å². The predicted molar refractivity (Wildman–Crippen MR) is 104 cm³/mol. The highest BCUT2D eigenvalue weighted by atomic mass is 32.2. The van der Waals surface area contributed by atoms with Crippen LogP contribution in [0.25, 0.3) is 0 Å². The molecule has 1 amide bonds. The van der Waals surface area contributed by atoms with Crippen LogP contribution >= 0.6 is 0 Å². The first-order chi connectivity index (χ1) is 13.0. The zero-order chi connectivity index (χ0) is 19.3. The summed E-state index contributed by atoms with van der Waals surface area (Å²) in [6.07, 6.45) is 0. The summed E-state index contributed by atoms with van der Waals surface area (Å²) >= 11 is 0. The molecule has 27 heavy (non-hydrogen) atoms. The lowest BCUT2D eigenvalue weighted by molar-refractivity contribution is -0.117. The van der Waals surface area contributed by atoms with Crippen molar-refractivity contribution in [3.63, 3.8) is 0 Å². The lowest BCUT2D eigenvalue weighted by Gasteiger charge is -2.29. The molecule has 1 heterocycles. The lowest BCUT2D eigenvalue weighted by atomic mass is 10.2. The molecule has 1 aliphatic rings. The molecule has 0 aliphatic carbocycles. The zero-order valence-electron chi connectivity index (χ0n) is 15.1. The number of carbonyl (C=O) groups is 1. The Morgan fingerprint density at radius 1 is 1.07 bits per heavy atom. The molecule has 2 aromatic carbocycles. The van der Waals surface area contributed by atoms with E-state index in [9.17, 15) is 13.2 Å². The van der Waals surface area contributed by atoms with Gasteiger partial charge in [-0.3, -0.25) is 4.79 Å². The number of sulfonamides is 1. The van der Waals surface area contributed by atoms with Gasteiger partial charge in [0, 0.05) is 24.5 Å². The van der Waals surface area contributed by atoms with E-state index in [0.717, 1.165) is 18.8 Å². The maximum absolute atomic E-state index is 12.4. The lowest BCUT2D eigenvalue weighted by Crippen LogP contribution is -2.41. The van der Waals surface area contributed by atoms with Crippen LogP contribution in [0.3, 0.4) is 0 Å². The fourth-order valence-corrected chi connectivity index (χ4v) is 4.03. The number of anilines is 2. The number of rotatable bonds is 6. The second-order valence-electron chi connectivity index (χ2n) is 6.30. The first kappa shape index (κ1) is 19.3. The maximum atomic E-state index is 12.4.